The number of urea groups is 1. The number of carbonyl (C=O) groups excluding carboxylic acids is 1. The maximum atomic E-state index is 12.1. The number of phenols is 1. The van der Waals surface area contributed by atoms with Crippen molar-refractivity contribution in [3.8, 4) is 5.75 Å². The molecular weight excluding hydrogens is 264 g/mol. The molecule has 1 fully saturated rings. The third-order valence-electron chi connectivity index (χ3n) is 3.06. The first-order valence-corrected chi connectivity index (χ1v) is 6.27. The number of hydrogen-bond donors (Lipinski definition) is 4. The Hall–Kier alpha value is -2.28. The second-order valence-electron chi connectivity index (χ2n) is 4.61. The van der Waals surface area contributed by atoms with Crippen LogP contribution in [0.5, 0.6) is 5.75 Å². The molecule has 0 atom stereocenters. The third kappa shape index (κ3) is 3.18. The highest BCUT2D eigenvalue weighted by molar-refractivity contribution is 6.00. The Balaban J connectivity index is 2.16. The maximum absolute atomic E-state index is 12.1. The fourth-order valence-corrected chi connectivity index (χ4v) is 1.95. The summed E-state index contributed by atoms with van der Waals surface area (Å²) in [6.07, 6.45) is 1.77. The number of hydrogen-bond acceptors (Lipinski definition) is 4. The zero-order chi connectivity index (χ0) is 14.7. The fraction of sp³-hybridized carbons (Fsp3) is 0.385. The summed E-state index contributed by atoms with van der Waals surface area (Å²) in [4.78, 5) is 24.7. The number of nitrogens with one attached hydrogen (secondary N) is 1. The average Bonchev–Trinajstić information content (AvgIpc) is 3.22. The molecule has 4 N–H and O–H groups in total. The highest BCUT2D eigenvalue weighted by atomic mass is 16.4. The Bertz CT molecular complexity index is 527. The van der Waals surface area contributed by atoms with Crippen LogP contribution in [0.2, 0.25) is 0 Å². The van der Waals surface area contributed by atoms with E-state index in [4.69, 9.17) is 10.2 Å². The summed E-state index contributed by atoms with van der Waals surface area (Å²) in [6.45, 7) is 0.0578. The molecule has 1 aromatic carbocycles. The number of carbonyl (C=O) groups is 2. The van der Waals surface area contributed by atoms with E-state index in [1.54, 1.807) is 0 Å². The maximum Gasteiger partial charge on any atom is 0.337 e. The lowest BCUT2D eigenvalue weighted by atomic mass is 10.1. The predicted octanol–water partition coefficient (Wildman–Crippen LogP) is 1.08. The smallest absolute Gasteiger partial charge is 0.337 e. The van der Waals surface area contributed by atoms with Crippen LogP contribution in [0.25, 0.3) is 0 Å². The van der Waals surface area contributed by atoms with Gasteiger partial charge in [0.1, 0.15) is 5.75 Å². The number of nitrogens with zero attached hydrogens (tertiary/aromatic N) is 1. The summed E-state index contributed by atoms with van der Waals surface area (Å²) in [7, 11) is 0. The zero-order valence-electron chi connectivity index (χ0n) is 10.7. The van der Waals surface area contributed by atoms with Gasteiger partial charge in [0.2, 0.25) is 0 Å². The number of amides is 2. The van der Waals surface area contributed by atoms with Crippen molar-refractivity contribution in [3.63, 3.8) is 0 Å². The van der Waals surface area contributed by atoms with Gasteiger partial charge in [-0.25, -0.2) is 9.59 Å². The minimum absolute atomic E-state index is 0.104. The van der Waals surface area contributed by atoms with Gasteiger partial charge in [-0.2, -0.15) is 0 Å². The molecule has 0 unspecified atom stereocenters. The van der Waals surface area contributed by atoms with Crippen molar-refractivity contribution in [2.75, 3.05) is 18.5 Å². The molecule has 1 aliphatic carbocycles. The first-order chi connectivity index (χ1) is 9.52. The molecule has 0 aliphatic heterocycles. The summed E-state index contributed by atoms with van der Waals surface area (Å²) in [6, 6.07) is 3.36. The molecule has 1 saturated carbocycles. The van der Waals surface area contributed by atoms with E-state index in [-0.39, 0.29) is 36.2 Å². The minimum Gasteiger partial charge on any atom is -0.508 e. The van der Waals surface area contributed by atoms with E-state index in [9.17, 15) is 14.7 Å². The number of aromatic carboxylic acids is 1. The summed E-state index contributed by atoms with van der Waals surface area (Å²) >= 11 is 0. The van der Waals surface area contributed by atoms with Crippen LogP contribution >= 0.6 is 0 Å². The van der Waals surface area contributed by atoms with E-state index in [0.29, 0.717) is 0 Å². The van der Waals surface area contributed by atoms with Gasteiger partial charge in [0.25, 0.3) is 0 Å². The molecule has 0 radical (unpaired) electrons. The van der Waals surface area contributed by atoms with Crippen LogP contribution < -0.4 is 5.32 Å². The fourth-order valence-electron chi connectivity index (χ4n) is 1.95. The molecule has 0 saturated heterocycles. The van der Waals surface area contributed by atoms with Crippen molar-refractivity contribution in [1.29, 1.82) is 0 Å². The predicted molar refractivity (Wildman–Crippen MR) is 70.9 cm³/mol. The Labute approximate surface area is 115 Å². The van der Waals surface area contributed by atoms with E-state index < -0.39 is 12.0 Å². The molecule has 108 valence electrons. The van der Waals surface area contributed by atoms with Crippen LogP contribution in [0.15, 0.2) is 18.2 Å². The Kier molecular flexibility index (Phi) is 4.09. The summed E-state index contributed by atoms with van der Waals surface area (Å²) in [5.41, 5.74) is -0.0676. The SMILES string of the molecule is O=C(O)c1cc(O)ccc1NC(=O)N(CCO)C1CC1. The second kappa shape index (κ2) is 5.79. The van der Waals surface area contributed by atoms with Gasteiger partial charge < -0.3 is 25.5 Å². The van der Waals surface area contributed by atoms with Crippen molar-refractivity contribution in [2.24, 2.45) is 0 Å². The van der Waals surface area contributed by atoms with Gasteiger partial charge in [0.05, 0.1) is 17.9 Å². The average molecular weight is 280 g/mol. The number of anilines is 1. The van der Waals surface area contributed by atoms with Crippen LogP contribution in [0.3, 0.4) is 0 Å². The topological polar surface area (TPSA) is 110 Å². The molecule has 0 heterocycles. The number of phenolic OH excluding ortho intramolecular Hbond substituents is 1. The number of benzene rings is 1. The van der Waals surface area contributed by atoms with Crippen molar-refractivity contribution >= 4 is 17.7 Å². The summed E-state index contributed by atoms with van der Waals surface area (Å²) in [5, 5.41) is 29.8. The molecule has 2 rings (SSSR count). The molecule has 7 nitrogen and oxygen atoms in total. The van der Waals surface area contributed by atoms with Crippen LogP contribution in [-0.2, 0) is 0 Å². The highest BCUT2D eigenvalue weighted by Gasteiger charge is 2.32. The summed E-state index contributed by atoms with van der Waals surface area (Å²) < 4.78 is 0. The number of carboxylic acid groups (broad SMARTS) is 1. The lowest BCUT2D eigenvalue weighted by Gasteiger charge is -2.22. The highest BCUT2D eigenvalue weighted by Crippen LogP contribution is 2.28. The zero-order valence-corrected chi connectivity index (χ0v) is 10.7. The Morgan fingerprint density at radius 3 is 2.60 bits per heavy atom. The van der Waals surface area contributed by atoms with E-state index >= 15 is 0 Å². The van der Waals surface area contributed by atoms with Crippen molar-refractivity contribution in [1.82, 2.24) is 4.90 Å². The molecule has 0 spiro atoms. The van der Waals surface area contributed by atoms with Gasteiger partial charge in [-0.15, -0.1) is 0 Å². The molecule has 0 aromatic heterocycles. The molecule has 1 aliphatic rings. The first kappa shape index (κ1) is 14.1. The lowest BCUT2D eigenvalue weighted by molar-refractivity contribution is 0.0697. The molecule has 7 heteroatoms. The van der Waals surface area contributed by atoms with Gasteiger partial charge >= 0.3 is 12.0 Å². The molecule has 0 bridgehead atoms. The molecular formula is C13H16N2O5. The largest absolute Gasteiger partial charge is 0.508 e. The first-order valence-electron chi connectivity index (χ1n) is 6.27. The second-order valence-corrected chi connectivity index (χ2v) is 4.61. The number of aromatic hydroxyl groups is 1. The van der Waals surface area contributed by atoms with E-state index in [1.807, 2.05) is 0 Å². The molecule has 1 aromatic rings. The quantitative estimate of drug-likeness (QED) is 0.603. The standard InChI is InChI=1S/C13H16N2O5/c16-6-5-15(8-1-2-8)13(20)14-11-4-3-9(17)7-10(11)12(18)19/h3-4,7-8,16-17H,1-2,5-6H2,(H,14,20)(H,18,19). The third-order valence-corrected chi connectivity index (χ3v) is 3.06. The number of rotatable bonds is 5. The van der Waals surface area contributed by atoms with Gasteiger partial charge in [0, 0.05) is 12.6 Å². The van der Waals surface area contributed by atoms with Gasteiger partial charge in [-0.05, 0) is 31.0 Å². The molecule has 20 heavy (non-hydrogen) atoms. The van der Waals surface area contributed by atoms with Gasteiger partial charge in [0.15, 0.2) is 0 Å². The van der Waals surface area contributed by atoms with Crippen LogP contribution in [0.4, 0.5) is 10.5 Å². The Morgan fingerprint density at radius 2 is 2.05 bits per heavy atom. The van der Waals surface area contributed by atoms with Crippen molar-refractivity contribution < 1.29 is 24.9 Å². The van der Waals surface area contributed by atoms with Crippen LogP contribution in [0, 0.1) is 0 Å². The molecule has 2 amide bonds. The summed E-state index contributed by atoms with van der Waals surface area (Å²) in [5.74, 6) is -1.42. The van der Waals surface area contributed by atoms with E-state index in [0.717, 1.165) is 18.9 Å². The van der Waals surface area contributed by atoms with Gasteiger partial charge in [-0.1, -0.05) is 0 Å². The number of aliphatic hydroxyl groups excluding tert-OH is 1. The lowest BCUT2D eigenvalue weighted by Crippen LogP contribution is -2.39. The minimum atomic E-state index is -1.24. The van der Waals surface area contributed by atoms with Crippen LogP contribution in [0.1, 0.15) is 23.2 Å². The van der Waals surface area contributed by atoms with Gasteiger partial charge in [-0.3, -0.25) is 0 Å². The van der Waals surface area contributed by atoms with E-state index in [2.05, 4.69) is 5.32 Å². The number of carboxylic acids is 1. The van der Waals surface area contributed by atoms with Crippen LogP contribution in [-0.4, -0.2) is 51.4 Å². The van der Waals surface area contributed by atoms with E-state index in [1.165, 1.54) is 17.0 Å². The monoisotopic (exact) mass is 280 g/mol. The number of aliphatic hydroxyl groups is 1. The Morgan fingerprint density at radius 1 is 1.35 bits per heavy atom. The van der Waals surface area contributed by atoms with Crippen molar-refractivity contribution in [2.45, 2.75) is 18.9 Å². The van der Waals surface area contributed by atoms with Crippen molar-refractivity contribution in [3.05, 3.63) is 23.8 Å². The normalized spacial score (nSPS) is 13.8.